The van der Waals surface area contributed by atoms with E-state index in [0.717, 1.165) is 25.2 Å². The summed E-state index contributed by atoms with van der Waals surface area (Å²) >= 11 is 0. The summed E-state index contributed by atoms with van der Waals surface area (Å²) in [6.45, 7) is 3.88. The number of nitrogens with one attached hydrogen (secondary N) is 1. The third-order valence-corrected chi connectivity index (χ3v) is 4.03. The molecule has 2 atom stereocenters. The van der Waals surface area contributed by atoms with Crippen molar-refractivity contribution >= 4 is 17.3 Å². The number of likely N-dealkylation sites (tertiary alicyclic amines) is 1. The molecule has 5 heteroatoms. The molecule has 0 aromatic heterocycles. The molecule has 2 rings (SSSR count). The fourth-order valence-corrected chi connectivity index (χ4v) is 2.52. The van der Waals surface area contributed by atoms with E-state index in [9.17, 15) is 4.79 Å². The molecule has 1 heterocycles. The minimum Gasteiger partial charge on any atom is -0.399 e. The van der Waals surface area contributed by atoms with Crippen molar-refractivity contribution in [3.8, 4) is 0 Å². The molecule has 1 aliphatic heterocycles. The molecular formula is C15H24N4O. The number of carbonyl (C=O) groups excluding carboxylic acids is 1. The molecule has 0 spiro atoms. The van der Waals surface area contributed by atoms with E-state index in [1.165, 1.54) is 0 Å². The zero-order chi connectivity index (χ0) is 14.7. The fraction of sp³-hybridized carbons (Fsp3) is 0.533. The molecule has 0 bridgehead atoms. The second-order valence-corrected chi connectivity index (χ2v) is 5.69. The SMILES string of the molecule is CC(C(=O)Nc1ccc(N)cc1)N1CCC(N(C)C)C1. The van der Waals surface area contributed by atoms with Crippen LogP contribution in [0.5, 0.6) is 0 Å². The van der Waals surface area contributed by atoms with E-state index >= 15 is 0 Å². The Hall–Kier alpha value is -1.59. The van der Waals surface area contributed by atoms with Gasteiger partial charge in [-0.2, -0.15) is 0 Å². The van der Waals surface area contributed by atoms with Crippen molar-refractivity contribution in [2.75, 3.05) is 38.2 Å². The first-order chi connectivity index (χ1) is 9.47. The van der Waals surface area contributed by atoms with Crippen LogP contribution < -0.4 is 11.1 Å². The Kier molecular flexibility index (Phi) is 4.62. The quantitative estimate of drug-likeness (QED) is 0.812. The zero-order valence-electron chi connectivity index (χ0n) is 12.5. The van der Waals surface area contributed by atoms with Crippen LogP contribution in [0, 0.1) is 0 Å². The Labute approximate surface area is 120 Å². The number of likely N-dealkylation sites (N-methyl/N-ethyl adjacent to an activating group) is 1. The first-order valence-corrected chi connectivity index (χ1v) is 7.04. The van der Waals surface area contributed by atoms with E-state index in [2.05, 4.69) is 29.2 Å². The van der Waals surface area contributed by atoms with Crippen LogP contribution in [0.2, 0.25) is 0 Å². The molecule has 0 radical (unpaired) electrons. The first kappa shape index (κ1) is 14.8. The van der Waals surface area contributed by atoms with E-state index in [1.54, 1.807) is 12.1 Å². The van der Waals surface area contributed by atoms with Gasteiger partial charge in [-0.25, -0.2) is 0 Å². The smallest absolute Gasteiger partial charge is 0.241 e. The lowest BCUT2D eigenvalue weighted by atomic mass is 10.2. The van der Waals surface area contributed by atoms with Crippen LogP contribution in [0.1, 0.15) is 13.3 Å². The highest BCUT2D eigenvalue weighted by Crippen LogP contribution is 2.17. The number of nitrogen functional groups attached to an aromatic ring is 1. The summed E-state index contributed by atoms with van der Waals surface area (Å²) in [7, 11) is 4.18. The molecule has 1 amide bonds. The minimum atomic E-state index is -0.113. The third kappa shape index (κ3) is 3.49. The predicted octanol–water partition coefficient (Wildman–Crippen LogP) is 1.23. The van der Waals surface area contributed by atoms with Gasteiger partial charge in [0.25, 0.3) is 0 Å². The van der Waals surface area contributed by atoms with E-state index in [-0.39, 0.29) is 11.9 Å². The molecular weight excluding hydrogens is 252 g/mol. The minimum absolute atomic E-state index is 0.0363. The Morgan fingerprint density at radius 2 is 2.05 bits per heavy atom. The van der Waals surface area contributed by atoms with Gasteiger partial charge in [0, 0.05) is 30.5 Å². The highest BCUT2D eigenvalue weighted by molar-refractivity contribution is 5.94. The summed E-state index contributed by atoms with van der Waals surface area (Å²) in [5, 5.41) is 2.94. The van der Waals surface area contributed by atoms with Crippen LogP contribution in [-0.2, 0) is 4.79 Å². The van der Waals surface area contributed by atoms with Crippen LogP contribution in [0.25, 0.3) is 0 Å². The zero-order valence-corrected chi connectivity index (χ0v) is 12.5. The van der Waals surface area contributed by atoms with Crippen molar-refractivity contribution < 1.29 is 4.79 Å². The summed E-state index contributed by atoms with van der Waals surface area (Å²) in [5.41, 5.74) is 7.12. The van der Waals surface area contributed by atoms with Crippen LogP contribution in [0.15, 0.2) is 24.3 Å². The number of benzene rings is 1. The fourth-order valence-electron chi connectivity index (χ4n) is 2.52. The maximum atomic E-state index is 12.3. The largest absolute Gasteiger partial charge is 0.399 e. The maximum Gasteiger partial charge on any atom is 0.241 e. The van der Waals surface area contributed by atoms with Crippen molar-refractivity contribution in [1.82, 2.24) is 9.80 Å². The molecule has 5 nitrogen and oxygen atoms in total. The number of anilines is 2. The molecule has 110 valence electrons. The molecule has 1 saturated heterocycles. The van der Waals surface area contributed by atoms with Crippen molar-refractivity contribution in [3.05, 3.63) is 24.3 Å². The van der Waals surface area contributed by atoms with Crippen LogP contribution >= 0.6 is 0 Å². The van der Waals surface area contributed by atoms with E-state index in [4.69, 9.17) is 5.73 Å². The van der Waals surface area contributed by atoms with E-state index < -0.39 is 0 Å². The number of rotatable bonds is 4. The van der Waals surface area contributed by atoms with Crippen molar-refractivity contribution in [1.29, 1.82) is 0 Å². The lowest BCUT2D eigenvalue weighted by molar-refractivity contribution is -0.120. The van der Waals surface area contributed by atoms with Gasteiger partial charge in [-0.15, -0.1) is 0 Å². The van der Waals surface area contributed by atoms with Gasteiger partial charge < -0.3 is 16.0 Å². The van der Waals surface area contributed by atoms with Crippen LogP contribution in [0.3, 0.4) is 0 Å². The molecule has 2 unspecified atom stereocenters. The summed E-state index contributed by atoms with van der Waals surface area (Å²) < 4.78 is 0. The van der Waals surface area contributed by atoms with Crippen molar-refractivity contribution in [2.24, 2.45) is 0 Å². The number of hydrogen-bond acceptors (Lipinski definition) is 4. The first-order valence-electron chi connectivity index (χ1n) is 7.04. The van der Waals surface area contributed by atoms with Gasteiger partial charge in [0.15, 0.2) is 0 Å². The molecule has 1 aromatic rings. The Morgan fingerprint density at radius 3 is 2.60 bits per heavy atom. The van der Waals surface area contributed by atoms with Gasteiger partial charge in [-0.1, -0.05) is 0 Å². The normalized spacial score (nSPS) is 21.1. The number of nitrogens with two attached hydrogens (primary N) is 1. The highest BCUT2D eigenvalue weighted by Gasteiger charge is 2.30. The lowest BCUT2D eigenvalue weighted by Crippen LogP contribution is -2.42. The number of nitrogens with zero attached hydrogens (tertiary/aromatic N) is 2. The standard InChI is InChI=1S/C15H24N4O/c1-11(19-9-8-14(10-19)18(2)3)15(20)17-13-6-4-12(16)5-7-13/h4-7,11,14H,8-10,16H2,1-3H3,(H,17,20). The third-order valence-electron chi connectivity index (χ3n) is 4.03. The van der Waals surface area contributed by atoms with Gasteiger partial charge in [0.1, 0.15) is 0 Å². The number of carbonyl (C=O) groups is 1. The monoisotopic (exact) mass is 276 g/mol. The average Bonchev–Trinajstić information content (AvgIpc) is 2.90. The predicted molar refractivity (Wildman–Crippen MR) is 82.6 cm³/mol. The summed E-state index contributed by atoms with van der Waals surface area (Å²) in [6, 6.07) is 7.66. The summed E-state index contributed by atoms with van der Waals surface area (Å²) in [6.07, 6.45) is 1.12. The molecule has 3 N–H and O–H groups in total. The number of hydrogen-bond donors (Lipinski definition) is 2. The molecule has 20 heavy (non-hydrogen) atoms. The summed E-state index contributed by atoms with van der Waals surface area (Å²) in [4.78, 5) is 16.7. The maximum absolute atomic E-state index is 12.3. The highest BCUT2D eigenvalue weighted by atomic mass is 16.2. The molecule has 1 aliphatic rings. The summed E-state index contributed by atoms with van der Waals surface area (Å²) in [5.74, 6) is 0.0363. The average molecular weight is 276 g/mol. The van der Waals surface area contributed by atoms with Crippen molar-refractivity contribution in [2.45, 2.75) is 25.4 Å². The van der Waals surface area contributed by atoms with Gasteiger partial charge in [0.2, 0.25) is 5.91 Å². The van der Waals surface area contributed by atoms with Gasteiger partial charge in [0.05, 0.1) is 6.04 Å². The van der Waals surface area contributed by atoms with Crippen molar-refractivity contribution in [3.63, 3.8) is 0 Å². The Balaban J connectivity index is 1.91. The Bertz CT molecular complexity index is 457. The molecule has 1 aromatic carbocycles. The second-order valence-electron chi connectivity index (χ2n) is 5.69. The Morgan fingerprint density at radius 1 is 1.40 bits per heavy atom. The molecule has 0 aliphatic carbocycles. The lowest BCUT2D eigenvalue weighted by Gasteiger charge is -2.25. The molecule has 0 saturated carbocycles. The van der Waals surface area contributed by atoms with Crippen LogP contribution in [-0.4, -0.2) is 55.0 Å². The topological polar surface area (TPSA) is 61.6 Å². The van der Waals surface area contributed by atoms with Gasteiger partial charge >= 0.3 is 0 Å². The van der Waals surface area contributed by atoms with E-state index in [0.29, 0.717) is 11.7 Å². The molecule has 1 fully saturated rings. The van der Waals surface area contributed by atoms with E-state index in [1.807, 2.05) is 19.1 Å². The van der Waals surface area contributed by atoms with Crippen LogP contribution in [0.4, 0.5) is 11.4 Å². The number of amides is 1. The van der Waals surface area contributed by atoms with Gasteiger partial charge in [-0.3, -0.25) is 9.69 Å². The second kappa shape index (κ2) is 6.24. The van der Waals surface area contributed by atoms with Gasteiger partial charge in [-0.05, 0) is 51.7 Å².